The number of hydrogen-bond acceptors (Lipinski definition) is 4. The molecule has 0 bridgehead atoms. The number of urea groups is 1. The zero-order valence-electron chi connectivity index (χ0n) is 17.0. The van der Waals surface area contributed by atoms with E-state index in [-0.39, 0.29) is 22.6 Å². The molecule has 1 saturated heterocycles. The smallest absolute Gasteiger partial charge is 0.427 e. The lowest BCUT2D eigenvalue weighted by Gasteiger charge is -2.34. The molecule has 2 aliphatic rings. The second kappa shape index (κ2) is 7.75. The van der Waals surface area contributed by atoms with Crippen molar-refractivity contribution in [1.82, 2.24) is 10.2 Å². The van der Waals surface area contributed by atoms with Crippen molar-refractivity contribution < 1.29 is 18.8 Å². The Morgan fingerprint density at radius 1 is 1.18 bits per heavy atom. The number of carbonyl (C=O) groups excluding carboxylic acids is 2. The van der Waals surface area contributed by atoms with E-state index in [0.717, 1.165) is 11.3 Å². The molecular formula is C21H29N4O3+. The minimum atomic E-state index is -0.501. The molecule has 0 radical (unpaired) electrons. The molecule has 7 nitrogen and oxygen atoms in total. The van der Waals surface area contributed by atoms with E-state index in [0.29, 0.717) is 25.9 Å². The molecular weight excluding hydrogens is 356 g/mol. The number of aliphatic imine (C=N–C) groups is 1. The SMILES string of the molecule is CC(C)(C)OC(=O)N1CCC(NC(=O)[N+]2(C)C=NC(c3ccccc3)=C2)CC1. The Balaban J connectivity index is 1.54. The number of likely N-dealkylation sites (tertiary alicyclic amines) is 1. The van der Waals surface area contributed by atoms with Crippen molar-refractivity contribution >= 4 is 24.2 Å². The standard InChI is InChI=1S/C21H28N4O3/c1-21(2,3)28-20(27)24-12-10-17(11-13-24)23-19(26)25(4)14-18(22-15-25)16-8-6-5-7-9-16/h5-9,14-15,17H,10-13H2,1-4H3/p+1. The molecule has 1 N–H and O–H groups in total. The minimum Gasteiger partial charge on any atom is -0.444 e. The van der Waals surface area contributed by atoms with Crippen molar-refractivity contribution in [3.63, 3.8) is 0 Å². The van der Waals surface area contributed by atoms with Crippen LogP contribution in [0.1, 0.15) is 39.2 Å². The van der Waals surface area contributed by atoms with Crippen LogP contribution >= 0.6 is 0 Å². The van der Waals surface area contributed by atoms with Gasteiger partial charge in [-0.3, -0.25) is 0 Å². The van der Waals surface area contributed by atoms with Gasteiger partial charge in [-0.05, 0) is 33.6 Å². The molecule has 0 saturated carbocycles. The van der Waals surface area contributed by atoms with Crippen LogP contribution < -0.4 is 5.32 Å². The van der Waals surface area contributed by atoms with E-state index < -0.39 is 5.60 Å². The summed E-state index contributed by atoms with van der Waals surface area (Å²) in [7, 11) is 1.81. The molecule has 1 aromatic carbocycles. The van der Waals surface area contributed by atoms with E-state index in [9.17, 15) is 9.59 Å². The van der Waals surface area contributed by atoms with Gasteiger partial charge in [0.15, 0.2) is 0 Å². The van der Waals surface area contributed by atoms with E-state index in [1.165, 1.54) is 0 Å². The van der Waals surface area contributed by atoms with Crippen molar-refractivity contribution in [2.75, 3.05) is 20.1 Å². The average Bonchev–Trinajstić information content (AvgIpc) is 3.05. The van der Waals surface area contributed by atoms with Crippen LogP contribution in [0.3, 0.4) is 0 Å². The Hall–Kier alpha value is -2.67. The van der Waals surface area contributed by atoms with E-state index in [2.05, 4.69) is 10.3 Å². The fraction of sp³-hybridized carbons (Fsp3) is 0.476. The van der Waals surface area contributed by atoms with Gasteiger partial charge in [0.05, 0.1) is 7.05 Å². The van der Waals surface area contributed by atoms with Crippen LogP contribution in [0.5, 0.6) is 0 Å². The fourth-order valence-corrected chi connectivity index (χ4v) is 3.22. The first kappa shape index (κ1) is 20.1. The van der Waals surface area contributed by atoms with Gasteiger partial charge in [0.25, 0.3) is 0 Å². The third kappa shape index (κ3) is 4.78. The van der Waals surface area contributed by atoms with E-state index in [1.54, 1.807) is 11.2 Å². The number of nitrogens with one attached hydrogen (secondary N) is 1. The Kier molecular flexibility index (Phi) is 5.56. The molecule has 150 valence electrons. The summed E-state index contributed by atoms with van der Waals surface area (Å²) < 4.78 is 5.40. The van der Waals surface area contributed by atoms with Gasteiger partial charge in [0.2, 0.25) is 6.34 Å². The summed E-state index contributed by atoms with van der Waals surface area (Å²) >= 11 is 0. The number of rotatable bonds is 2. The first-order chi connectivity index (χ1) is 13.2. The number of carbonyl (C=O) groups is 2. The zero-order valence-corrected chi connectivity index (χ0v) is 17.0. The quantitative estimate of drug-likeness (QED) is 0.791. The number of ether oxygens (including phenoxy) is 1. The summed E-state index contributed by atoms with van der Waals surface area (Å²) in [6.07, 6.45) is 4.61. The topological polar surface area (TPSA) is 71.0 Å². The third-order valence-corrected chi connectivity index (χ3v) is 4.81. The summed E-state index contributed by atoms with van der Waals surface area (Å²) in [4.78, 5) is 31.1. The monoisotopic (exact) mass is 385 g/mol. The highest BCUT2D eigenvalue weighted by Crippen LogP contribution is 2.24. The Bertz CT molecular complexity index is 790. The van der Waals surface area contributed by atoms with Gasteiger partial charge in [0.1, 0.15) is 17.5 Å². The van der Waals surface area contributed by atoms with Crippen molar-refractivity contribution in [2.24, 2.45) is 4.99 Å². The summed E-state index contributed by atoms with van der Waals surface area (Å²) in [6.45, 7) is 6.72. The summed E-state index contributed by atoms with van der Waals surface area (Å²) in [5, 5.41) is 3.10. The van der Waals surface area contributed by atoms with Crippen LogP contribution in [0.2, 0.25) is 0 Å². The second-order valence-corrected chi connectivity index (χ2v) is 8.46. The molecule has 1 fully saturated rings. The molecule has 2 aliphatic heterocycles. The first-order valence-electron chi connectivity index (χ1n) is 9.65. The Morgan fingerprint density at radius 3 is 2.43 bits per heavy atom. The molecule has 3 rings (SSSR count). The molecule has 28 heavy (non-hydrogen) atoms. The maximum atomic E-state index is 12.8. The van der Waals surface area contributed by atoms with E-state index >= 15 is 0 Å². The Morgan fingerprint density at radius 2 is 1.82 bits per heavy atom. The number of piperidine rings is 1. The zero-order chi connectivity index (χ0) is 20.4. The minimum absolute atomic E-state index is 0.0174. The molecule has 1 aromatic rings. The number of hydrogen-bond donors (Lipinski definition) is 1. The van der Waals surface area contributed by atoms with Gasteiger partial charge in [-0.2, -0.15) is 9.48 Å². The van der Waals surface area contributed by atoms with Gasteiger partial charge in [-0.15, -0.1) is 0 Å². The summed E-state index contributed by atoms with van der Waals surface area (Å²) in [5.74, 6) is 0. The number of quaternary nitrogens is 1. The predicted molar refractivity (Wildman–Crippen MR) is 108 cm³/mol. The molecule has 3 amide bonds. The fourth-order valence-electron chi connectivity index (χ4n) is 3.22. The van der Waals surface area contributed by atoms with Gasteiger partial charge < -0.3 is 15.0 Å². The highest BCUT2D eigenvalue weighted by atomic mass is 16.6. The van der Waals surface area contributed by atoms with Crippen LogP contribution in [0.4, 0.5) is 9.59 Å². The van der Waals surface area contributed by atoms with Gasteiger partial charge in [0, 0.05) is 24.7 Å². The molecule has 0 aromatic heterocycles. The number of amides is 3. The van der Waals surface area contributed by atoms with Crippen LogP contribution in [0.25, 0.3) is 5.70 Å². The lowest BCUT2D eigenvalue weighted by molar-refractivity contribution is -0.665. The van der Waals surface area contributed by atoms with Crippen molar-refractivity contribution in [3.8, 4) is 0 Å². The summed E-state index contributed by atoms with van der Waals surface area (Å²) in [6, 6.07) is 9.72. The van der Waals surface area contributed by atoms with E-state index in [4.69, 9.17) is 4.74 Å². The molecule has 1 atom stereocenters. The largest absolute Gasteiger partial charge is 0.444 e. The number of benzene rings is 1. The normalized spacial score (nSPS) is 22.7. The molecule has 0 aliphatic carbocycles. The van der Waals surface area contributed by atoms with Crippen LogP contribution in [0.15, 0.2) is 41.5 Å². The molecule has 0 spiro atoms. The third-order valence-electron chi connectivity index (χ3n) is 4.81. The molecule has 2 heterocycles. The maximum absolute atomic E-state index is 12.8. The predicted octanol–water partition coefficient (Wildman–Crippen LogP) is 3.58. The maximum Gasteiger partial charge on any atom is 0.427 e. The first-order valence-corrected chi connectivity index (χ1v) is 9.65. The Labute approximate surface area is 166 Å². The number of nitrogens with zero attached hydrogens (tertiary/aromatic N) is 3. The van der Waals surface area contributed by atoms with E-state index in [1.807, 2.05) is 64.4 Å². The van der Waals surface area contributed by atoms with Gasteiger partial charge in [-0.1, -0.05) is 30.3 Å². The average molecular weight is 385 g/mol. The van der Waals surface area contributed by atoms with Crippen LogP contribution in [-0.2, 0) is 4.74 Å². The molecule has 7 heteroatoms. The lowest BCUT2D eigenvalue weighted by Crippen LogP contribution is -2.54. The summed E-state index contributed by atoms with van der Waals surface area (Å²) in [5.41, 5.74) is 1.27. The van der Waals surface area contributed by atoms with Crippen LogP contribution in [-0.4, -0.2) is 59.6 Å². The van der Waals surface area contributed by atoms with Gasteiger partial charge in [-0.25, -0.2) is 9.59 Å². The lowest BCUT2D eigenvalue weighted by atomic mass is 10.1. The van der Waals surface area contributed by atoms with Crippen LogP contribution in [0, 0.1) is 0 Å². The highest BCUT2D eigenvalue weighted by molar-refractivity contribution is 5.84. The van der Waals surface area contributed by atoms with Crippen molar-refractivity contribution in [2.45, 2.75) is 45.3 Å². The molecule has 1 unspecified atom stereocenters. The highest BCUT2D eigenvalue weighted by Gasteiger charge is 2.36. The van der Waals surface area contributed by atoms with Crippen molar-refractivity contribution in [3.05, 3.63) is 42.1 Å². The second-order valence-electron chi connectivity index (χ2n) is 8.46. The van der Waals surface area contributed by atoms with Gasteiger partial charge >= 0.3 is 12.1 Å². The van der Waals surface area contributed by atoms with Crippen molar-refractivity contribution in [1.29, 1.82) is 0 Å².